The van der Waals surface area contributed by atoms with Gasteiger partial charge >= 0.3 is 0 Å². The minimum Gasteiger partial charge on any atom is -0.405 e. The zero-order chi connectivity index (χ0) is 9.68. The Morgan fingerprint density at radius 3 is 2.77 bits per heavy atom. The number of rotatable bonds is 2. The topological polar surface area (TPSA) is 51.3 Å². The summed E-state index contributed by atoms with van der Waals surface area (Å²) in [4.78, 5) is 8.47. The molecule has 0 spiro atoms. The zero-order valence-electron chi connectivity index (χ0n) is 7.86. The first-order valence-electron chi connectivity index (χ1n) is 4.09. The summed E-state index contributed by atoms with van der Waals surface area (Å²) in [6.45, 7) is 3.89. The molecular weight excluding hydrogens is 162 g/mol. The maximum Gasteiger partial charge on any atom is 0.0842 e. The average Bonchev–Trinajstić information content (AvgIpc) is 2.09. The van der Waals surface area contributed by atoms with Crippen LogP contribution in [0.4, 0.5) is 5.69 Å². The van der Waals surface area contributed by atoms with Crippen molar-refractivity contribution in [3.05, 3.63) is 35.8 Å². The summed E-state index contributed by atoms with van der Waals surface area (Å²) >= 11 is 0. The molecule has 0 aliphatic carbocycles. The summed E-state index contributed by atoms with van der Waals surface area (Å²) in [6, 6.07) is 3.88. The van der Waals surface area contributed by atoms with Crippen molar-refractivity contribution < 1.29 is 0 Å². The fourth-order valence-electron chi connectivity index (χ4n) is 0.989. The van der Waals surface area contributed by atoms with Crippen molar-refractivity contribution >= 4 is 11.9 Å². The highest BCUT2D eigenvalue weighted by atomic mass is 14.8. The quantitative estimate of drug-likeness (QED) is 0.697. The molecule has 1 rings (SSSR count). The van der Waals surface area contributed by atoms with Crippen molar-refractivity contribution in [2.45, 2.75) is 13.8 Å². The molecule has 0 saturated heterocycles. The number of hydrogen-bond donors (Lipinski definition) is 1. The molecule has 0 fully saturated rings. The number of aliphatic imine (C=N–C) groups is 1. The molecule has 3 nitrogen and oxygen atoms in total. The van der Waals surface area contributed by atoms with E-state index in [9.17, 15) is 0 Å². The molecule has 13 heavy (non-hydrogen) atoms. The number of aryl methyl sites for hydroxylation is 2. The third-order valence-corrected chi connectivity index (χ3v) is 1.61. The number of aromatic nitrogens is 1. The van der Waals surface area contributed by atoms with Crippen LogP contribution in [0, 0.1) is 13.8 Å². The van der Waals surface area contributed by atoms with Gasteiger partial charge in [-0.2, -0.15) is 0 Å². The van der Waals surface area contributed by atoms with Gasteiger partial charge in [-0.3, -0.25) is 9.98 Å². The van der Waals surface area contributed by atoms with Crippen LogP contribution < -0.4 is 5.73 Å². The highest BCUT2D eigenvalue weighted by Gasteiger charge is 1.95. The Bertz CT molecular complexity index is 340. The molecule has 0 bridgehead atoms. The zero-order valence-corrected chi connectivity index (χ0v) is 7.86. The first kappa shape index (κ1) is 9.45. The Balaban J connectivity index is 2.89. The first-order chi connectivity index (χ1) is 6.24. The number of allylic oxidation sites excluding steroid dienone is 1. The Labute approximate surface area is 78.0 Å². The summed E-state index contributed by atoms with van der Waals surface area (Å²) in [5, 5.41) is 0. The molecule has 0 amide bonds. The molecule has 1 aromatic rings. The SMILES string of the molecule is Cc1ccc(N=C/C=C\N)c(C)n1. The van der Waals surface area contributed by atoms with E-state index in [1.54, 1.807) is 12.3 Å². The summed E-state index contributed by atoms with van der Waals surface area (Å²) in [5.41, 5.74) is 7.98. The second-order valence-electron chi connectivity index (χ2n) is 2.72. The molecular formula is C10H13N3. The summed E-state index contributed by atoms with van der Waals surface area (Å²) in [6.07, 6.45) is 4.78. The first-order valence-corrected chi connectivity index (χ1v) is 4.09. The van der Waals surface area contributed by atoms with Crippen LogP contribution in [0.3, 0.4) is 0 Å². The smallest absolute Gasteiger partial charge is 0.0842 e. The van der Waals surface area contributed by atoms with E-state index >= 15 is 0 Å². The lowest BCUT2D eigenvalue weighted by molar-refractivity contribution is 1.12. The van der Waals surface area contributed by atoms with E-state index in [1.807, 2.05) is 26.0 Å². The van der Waals surface area contributed by atoms with E-state index in [2.05, 4.69) is 9.98 Å². The van der Waals surface area contributed by atoms with Crippen molar-refractivity contribution in [1.29, 1.82) is 0 Å². The van der Waals surface area contributed by atoms with Gasteiger partial charge in [0.05, 0.1) is 11.4 Å². The molecule has 0 aliphatic heterocycles. The molecule has 0 aliphatic rings. The van der Waals surface area contributed by atoms with Crippen LogP contribution in [0.5, 0.6) is 0 Å². The normalized spacial score (nSPS) is 11.5. The summed E-state index contributed by atoms with van der Waals surface area (Å²) in [7, 11) is 0. The molecule has 68 valence electrons. The largest absolute Gasteiger partial charge is 0.405 e. The third-order valence-electron chi connectivity index (χ3n) is 1.61. The Hall–Kier alpha value is -1.64. The van der Waals surface area contributed by atoms with Crippen molar-refractivity contribution in [3.63, 3.8) is 0 Å². The highest BCUT2D eigenvalue weighted by molar-refractivity contribution is 5.74. The molecule has 0 radical (unpaired) electrons. The van der Waals surface area contributed by atoms with E-state index < -0.39 is 0 Å². The molecule has 0 unspecified atom stereocenters. The van der Waals surface area contributed by atoms with Gasteiger partial charge in [0.15, 0.2) is 0 Å². The second-order valence-corrected chi connectivity index (χ2v) is 2.72. The van der Waals surface area contributed by atoms with Crippen molar-refractivity contribution in [2.24, 2.45) is 10.7 Å². The van der Waals surface area contributed by atoms with E-state index in [0.717, 1.165) is 17.1 Å². The van der Waals surface area contributed by atoms with Gasteiger partial charge in [-0.15, -0.1) is 0 Å². The monoisotopic (exact) mass is 175 g/mol. The minimum absolute atomic E-state index is 0.878. The van der Waals surface area contributed by atoms with Crippen LogP contribution in [-0.2, 0) is 0 Å². The lowest BCUT2D eigenvalue weighted by atomic mass is 10.3. The maximum atomic E-state index is 5.17. The van der Waals surface area contributed by atoms with E-state index in [0.29, 0.717) is 0 Å². The predicted octanol–water partition coefficient (Wildman–Crippen LogP) is 1.87. The van der Waals surface area contributed by atoms with Gasteiger partial charge in [0.25, 0.3) is 0 Å². The highest BCUT2D eigenvalue weighted by Crippen LogP contribution is 2.15. The fourth-order valence-corrected chi connectivity index (χ4v) is 0.989. The lowest BCUT2D eigenvalue weighted by Gasteiger charge is -1.98. The van der Waals surface area contributed by atoms with Gasteiger partial charge in [0.2, 0.25) is 0 Å². The molecule has 3 heteroatoms. The van der Waals surface area contributed by atoms with Crippen LogP contribution in [0.15, 0.2) is 29.4 Å². The lowest BCUT2D eigenvalue weighted by Crippen LogP contribution is -1.85. The number of nitrogens with zero attached hydrogens (tertiary/aromatic N) is 2. The number of nitrogens with two attached hydrogens (primary N) is 1. The van der Waals surface area contributed by atoms with Crippen molar-refractivity contribution in [2.75, 3.05) is 0 Å². The van der Waals surface area contributed by atoms with Gasteiger partial charge in [-0.25, -0.2) is 0 Å². The number of hydrogen-bond acceptors (Lipinski definition) is 3. The second kappa shape index (κ2) is 4.40. The predicted molar refractivity (Wildman–Crippen MR) is 55.2 cm³/mol. The van der Waals surface area contributed by atoms with Crippen LogP contribution >= 0.6 is 0 Å². The standard InChI is InChI=1S/C10H13N3/c1-8-4-5-10(9(2)13-8)12-7-3-6-11/h3-7H,11H2,1-2H3/b6-3-,12-7?. The van der Waals surface area contributed by atoms with Gasteiger partial charge in [0, 0.05) is 11.9 Å². The van der Waals surface area contributed by atoms with Gasteiger partial charge in [-0.1, -0.05) is 0 Å². The Morgan fingerprint density at radius 2 is 2.15 bits per heavy atom. The molecule has 1 heterocycles. The Morgan fingerprint density at radius 1 is 1.38 bits per heavy atom. The average molecular weight is 175 g/mol. The van der Waals surface area contributed by atoms with Crippen molar-refractivity contribution in [3.8, 4) is 0 Å². The fraction of sp³-hybridized carbons (Fsp3) is 0.200. The van der Waals surface area contributed by atoms with Crippen LogP contribution in [0.25, 0.3) is 0 Å². The summed E-state index contributed by atoms with van der Waals surface area (Å²) < 4.78 is 0. The molecule has 0 aromatic carbocycles. The number of pyridine rings is 1. The van der Waals surface area contributed by atoms with E-state index in [-0.39, 0.29) is 0 Å². The molecule has 2 N–H and O–H groups in total. The maximum absolute atomic E-state index is 5.17. The molecule has 1 aromatic heterocycles. The van der Waals surface area contributed by atoms with E-state index in [4.69, 9.17) is 5.73 Å². The Kier molecular flexibility index (Phi) is 3.20. The molecule has 0 atom stereocenters. The van der Waals surface area contributed by atoms with Gasteiger partial charge in [-0.05, 0) is 38.3 Å². The summed E-state index contributed by atoms with van der Waals surface area (Å²) in [5.74, 6) is 0. The van der Waals surface area contributed by atoms with E-state index in [1.165, 1.54) is 6.20 Å². The minimum atomic E-state index is 0.878. The van der Waals surface area contributed by atoms with Crippen LogP contribution in [0.2, 0.25) is 0 Å². The van der Waals surface area contributed by atoms with Gasteiger partial charge < -0.3 is 5.73 Å². The molecule has 0 saturated carbocycles. The van der Waals surface area contributed by atoms with Crippen LogP contribution in [-0.4, -0.2) is 11.2 Å². The van der Waals surface area contributed by atoms with Crippen LogP contribution in [0.1, 0.15) is 11.4 Å². The van der Waals surface area contributed by atoms with Gasteiger partial charge in [0.1, 0.15) is 0 Å². The van der Waals surface area contributed by atoms with Crippen molar-refractivity contribution in [1.82, 2.24) is 4.98 Å². The third kappa shape index (κ3) is 2.71.